The first-order valence-corrected chi connectivity index (χ1v) is 8.81. The van der Waals surface area contributed by atoms with E-state index in [1.54, 1.807) is 68.4 Å². The zero-order valence-corrected chi connectivity index (χ0v) is 16.0. The van der Waals surface area contributed by atoms with Crippen molar-refractivity contribution in [3.63, 3.8) is 0 Å². The predicted molar refractivity (Wildman–Crippen MR) is 100 cm³/mol. The molecule has 0 N–H and O–H groups in total. The highest BCUT2D eigenvalue weighted by Gasteiger charge is 2.34. The monoisotopic (exact) mass is 395 g/mol. The van der Waals surface area contributed by atoms with Crippen molar-refractivity contribution >= 4 is 35.3 Å². The number of carbonyl (C=O) groups is 2. The molecular formula is C19H19Cl2NO4. The van der Waals surface area contributed by atoms with E-state index in [2.05, 4.69) is 0 Å². The van der Waals surface area contributed by atoms with E-state index in [9.17, 15) is 9.59 Å². The van der Waals surface area contributed by atoms with Crippen molar-refractivity contribution in [2.24, 2.45) is 5.41 Å². The summed E-state index contributed by atoms with van der Waals surface area (Å²) in [5.41, 5.74) is -0.309. The van der Waals surface area contributed by atoms with Crippen LogP contribution in [-0.2, 0) is 16.2 Å². The molecule has 138 valence electrons. The maximum Gasteiger partial charge on any atom is 0.539 e. The molecule has 5 nitrogen and oxygen atoms in total. The third kappa shape index (κ3) is 5.38. The molecule has 0 aliphatic rings. The molecule has 26 heavy (non-hydrogen) atoms. The maximum absolute atomic E-state index is 12.8. The lowest BCUT2D eigenvalue weighted by Gasteiger charge is -2.28. The van der Waals surface area contributed by atoms with Gasteiger partial charge in [0.2, 0.25) is 0 Å². The number of hydrogen-bond donors (Lipinski definition) is 0. The van der Waals surface area contributed by atoms with Gasteiger partial charge in [0.1, 0.15) is 5.75 Å². The Kier molecular flexibility index (Phi) is 6.89. The van der Waals surface area contributed by atoms with Crippen LogP contribution in [0.5, 0.6) is 5.75 Å². The summed E-state index contributed by atoms with van der Waals surface area (Å²) in [6.45, 7) is 3.30. The van der Waals surface area contributed by atoms with Crippen LogP contribution >= 0.6 is 23.2 Å². The minimum absolute atomic E-state index is 0.0251. The molecule has 0 aromatic heterocycles. The van der Waals surface area contributed by atoms with Gasteiger partial charge in [0, 0.05) is 10.9 Å². The van der Waals surface area contributed by atoms with Crippen molar-refractivity contribution < 1.29 is 19.2 Å². The van der Waals surface area contributed by atoms with Crippen LogP contribution in [0.15, 0.2) is 54.6 Å². The Hall–Kier alpha value is -2.24. The number of rotatable bonds is 5. The van der Waals surface area contributed by atoms with E-state index < -0.39 is 17.5 Å². The van der Waals surface area contributed by atoms with E-state index in [-0.39, 0.29) is 12.4 Å². The SMILES string of the molecule is CC(C)(CCl)C(=O)N(Cc1ccccc1Cl)OC(=O)Oc1ccccc1. The number of carbonyl (C=O) groups excluding carboxylic acids is 2. The molecule has 0 unspecified atom stereocenters. The van der Waals surface area contributed by atoms with Gasteiger partial charge in [-0.1, -0.05) is 48.0 Å². The lowest BCUT2D eigenvalue weighted by molar-refractivity contribution is -0.181. The normalized spacial score (nSPS) is 10.9. The van der Waals surface area contributed by atoms with Gasteiger partial charge in [-0.3, -0.25) is 4.79 Å². The highest BCUT2D eigenvalue weighted by molar-refractivity contribution is 6.31. The molecule has 0 saturated heterocycles. The zero-order chi connectivity index (χ0) is 19.2. The first kappa shape index (κ1) is 20.1. The van der Waals surface area contributed by atoms with Crippen LogP contribution in [0.1, 0.15) is 19.4 Å². The summed E-state index contributed by atoms with van der Waals surface area (Å²) in [6, 6.07) is 15.4. The van der Waals surface area contributed by atoms with Gasteiger partial charge in [-0.05, 0) is 37.6 Å². The number of benzene rings is 2. The highest BCUT2D eigenvalue weighted by atomic mass is 35.5. The van der Waals surface area contributed by atoms with Crippen LogP contribution in [0.4, 0.5) is 4.79 Å². The standard InChI is InChI=1S/C19H19Cl2NO4/c1-19(2,13-20)17(23)22(12-14-8-6-7-11-16(14)21)26-18(24)25-15-9-4-3-5-10-15/h3-11H,12-13H2,1-2H3. The molecule has 0 bridgehead atoms. The van der Waals surface area contributed by atoms with E-state index in [4.69, 9.17) is 32.8 Å². The van der Waals surface area contributed by atoms with Gasteiger partial charge in [-0.25, -0.2) is 4.79 Å². The van der Waals surface area contributed by atoms with Crippen molar-refractivity contribution in [2.75, 3.05) is 5.88 Å². The molecular weight excluding hydrogens is 377 g/mol. The summed E-state index contributed by atoms with van der Waals surface area (Å²) in [7, 11) is 0. The molecule has 0 spiro atoms. The summed E-state index contributed by atoms with van der Waals surface area (Å²) in [6.07, 6.45) is -1.03. The van der Waals surface area contributed by atoms with Gasteiger partial charge in [0.25, 0.3) is 5.91 Å². The topological polar surface area (TPSA) is 55.8 Å². The Balaban J connectivity index is 2.18. The van der Waals surface area contributed by atoms with E-state index in [0.29, 0.717) is 16.3 Å². The zero-order valence-electron chi connectivity index (χ0n) is 14.4. The molecule has 0 saturated carbocycles. The average Bonchev–Trinajstić information content (AvgIpc) is 2.63. The van der Waals surface area contributed by atoms with Crippen molar-refractivity contribution in [1.82, 2.24) is 5.06 Å². The second-order valence-corrected chi connectivity index (χ2v) is 6.88. The minimum atomic E-state index is -1.03. The van der Waals surface area contributed by atoms with Gasteiger partial charge in [-0.2, -0.15) is 5.06 Å². The largest absolute Gasteiger partial charge is 0.539 e. The Morgan fingerprint density at radius 2 is 1.65 bits per heavy atom. The maximum atomic E-state index is 12.8. The van der Waals surface area contributed by atoms with Gasteiger partial charge in [-0.15, -0.1) is 11.6 Å². The van der Waals surface area contributed by atoms with Gasteiger partial charge >= 0.3 is 6.16 Å². The molecule has 2 aromatic rings. The quantitative estimate of drug-likeness (QED) is 0.307. The molecule has 0 fully saturated rings. The Morgan fingerprint density at radius 1 is 1.04 bits per heavy atom. The van der Waals surface area contributed by atoms with E-state index in [1.165, 1.54) is 0 Å². The molecule has 2 aromatic carbocycles. The average molecular weight is 396 g/mol. The number of alkyl halides is 1. The summed E-state index contributed by atoms with van der Waals surface area (Å²) in [5.74, 6) is -0.0984. The molecule has 0 aliphatic heterocycles. The molecule has 0 radical (unpaired) electrons. The van der Waals surface area contributed by atoms with Crippen molar-refractivity contribution in [3.05, 3.63) is 65.2 Å². The Labute approximate surface area is 162 Å². The number of amides is 1. The van der Waals surface area contributed by atoms with Gasteiger partial charge < -0.3 is 9.57 Å². The molecule has 0 heterocycles. The lowest BCUT2D eigenvalue weighted by Crippen LogP contribution is -2.43. The summed E-state index contributed by atoms with van der Waals surface area (Å²) in [4.78, 5) is 30.0. The van der Waals surface area contributed by atoms with Gasteiger partial charge in [0.15, 0.2) is 0 Å². The second kappa shape index (κ2) is 8.92. The minimum Gasteiger partial charge on any atom is -0.393 e. The van der Waals surface area contributed by atoms with Crippen LogP contribution < -0.4 is 4.74 Å². The third-order valence-corrected chi connectivity index (χ3v) is 4.58. The second-order valence-electron chi connectivity index (χ2n) is 6.21. The number of hydrogen-bond acceptors (Lipinski definition) is 4. The fourth-order valence-electron chi connectivity index (χ4n) is 2.01. The fraction of sp³-hybridized carbons (Fsp3) is 0.263. The first-order chi connectivity index (χ1) is 12.3. The van der Waals surface area contributed by atoms with Crippen molar-refractivity contribution in [1.29, 1.82) is 0 Å². The number of halogens is 2. The number of nitrogens with zero attached hydrogens (tertiary/aromatic N) is 1. The van der Waals surface area contributed by atoms with Crippen LogP contribution in [-0.4, -0.2) is 23.0 Å². The third-order valence-electron chi connectivity index (χ3n) is 3.54. The first-order valence-electron chi connectivity index (χ1n) is 7.89. The van der Waals surface area contributed by atoms with Gasteiger partial charge in [0.05, 0.1) is 12.0 Å². The Bertz CT molecular complexity index is 765. The molecule has 1 amide bonds. The summed E-state index contributed by atoms with van der Waals surface area (Å²) in [5, 5.41) is 1.38. The smallest absolute Gasteiger partial charge is 0.393 e. The summed E-state index contributed by atoms with van der Waals surface area (Å²) >= 11 is 12.0. The van der Waals surface area contributed by atoms with Crippen molar-refractivity contribution in [3.8, 4) is 5.75 Å². The number of ether oxygens (including phenoxy) is 1. The van der Waals surface area contributed by atoms with Crippen LogP contribution in [0, 0.1) is 5.41 Å². The van der Waals surface area contributed by atoms with Crippen LogP contribution in [0.3, 0.4) is 0 Å². The molecule has 0 aliphatic carbocycles. The number of para-hydroxylation sites is 1. The summed E-state index contributed by atoms with van der Waals surface area (Å²) < 4.78 is 5.09. The number of hydroxylamine groups is 2. The van der Waals surface area contributed by atoms with E-state index >= 15 is 0 Å². The molecule has 2 rings (SSSR count). The van der Waals surface area contributed by atoms with Crippen LogP contribution in [0.2, 0.25) is 5.02 Å². The molecule has 7 heteroatoms. The fourth-order valence-corrected chi connectivity index (χ4v) is 2.32. The predicted octanol–water partition coefficient (Wildman–Crippen LogP) is 5.06. The molecule has 0 atom stereocenters. The Morgan fingerprint density at radius 3 is 2.27 bits per heavy atom. The van der Waals surface area contributed by atoms with Crippen molar-refractivity contribution in [2.45, 2.75) is 20.4 Å². The van der Waals surface area contributed by atoms with Crippen LogP contribution in [0.25, 0.3) is 0 Å². The highest BCUT2D eigenvalue weighted by Crippen LogP contribution is 2.25. The lowest BCUT2D eigenvalue weighted by atomic mass is 9.95. The van der Waals surface area contributed by atoms with E-state index in [0.717, 1.165) is 5.06 Å². The van der Waals surface area contributed by atoms with E-state index in [1.807, 2.05) is 0 Å².